The molecule has 0 aliphatic carbocycles. The first-order valence-electron chi connectivity index (χ1n) is 6.52. The summed E-state index contributed by atoms with van der Waals surface area (Å²) in [6, 6.07) is 16.1. The average Bonchev–Trinajstić information content (AvgIpc) is 2.46. The van der Waals surface area contributed by atoms with Gasteiger partial charge in [-0.15, -0.1) is 11.1 Å². The monoisotopic (exact) mass is 416 g/mol. The van der Waals surface area contributed by atoms with Gasteiger partial charge in [-0.3, -0.25) is 0 Å². The van der Waals surface area contributed by atoms with E-state index in [1.807, 2.05) is 48.5 Å². The van der Waals surface area contributed by atoms with Crippen molar-refractivity contribution in [2.45, 2.75) is 13.1 Å². The molecule has 0 unspecified atom stereocenters. The summed E-state index contributed by atoms with van der Waals surface area (Å²) < 4.78 is 2.14. The lowest BCUT2D eigenvalue weighted by molar-refractivity contribution is 1.60. The van der Waals surface area contributed by atoms with Gasteiger partial charge in [-0.2, -0.15) is 0 Å². The van der Waals surface area contributed by atoms with Crippen LogP contribution in [0.5, 0.6) is 0 Å². The second kappa shape index (κ2) is 7.14. The Kier molecular flexibility index (Phi) is 5.48. The van der Waals surface area contributed by atoms with E-state index in [1.165, 1.54) is 0 Å². The van der Waals surface area contributed by atoms with Gasteiger partial charge in [-0.1, -0.05) is 43.7 Å². The normalized spacial score (nSPS) is 10.1. The second-order valence-electron chi connectivity index (χ2n) is 5.14. The minimum absolute atomic E-state index is 1.03. The molecule has 0 saturated heterocycles. The Balaban J connectivity index is 2.16. The topological polar surface area (TPSA) is 0 Å². The highest BCUT2D eigenvalue weighted by molar-refractivity contribution is 9.10. The lowest BCUT2D eigenvalue weighted by Crippen LogP contribution is -2.21. The highest BCUT2D eigenvalue weighted by Crippen LogP contribution is 2.11. The van der Waals surface area contributed by atoms with E-state index in [4.69, 9.17) is 0 Å². The van der Waals surface area contributed by atoms with Gasteiger partial charge in [0.15, 0.2) is 0 Å². The Morgan fingerprint density at radius 2 is 1.00 bits per heavy atom. The molecule has 0 spiro atoms. The summed E-state index contributed by atoms with van der Waals surface area (Å²) in [4.78, 5) is 0. The Morgan fingerprint density at radius 3 is 1.33 bits per heavy atom. The highest BCUT2D eigenvalue weighted by Gasteiger charge is 2.13. The van der Waals surface area contributed by atoms with Crippen LogP contribution in [0.4, 0.5) is 0 Å². The van der Waals surface area contributed by atoms with Crippen molar-refractivity contribution in [3.63, 3.8) is 0 Å². The smallest absolute Gasteiger partial charge is 0.111 e. The van der Waals surface area contributed by atoms with Gasteiger partial charge in [-0.25, -0.2) is 0 Å². The van der Waals surface area contributed by atoms with Gasteiger partial charge >= 0.3 is 0 Å². The van der Waals surface area contributed by atoms with Crippen molar-refractivity contribution in [3.8, 4) is 22.9 Å². The maximum absolute atomic E-state index is 3.43. The molecule has 0 amide bonds. The molecule has 0 radical (unpaired) electrons. The highest BCUT2D eigenvalue weighted by atomic mass is 79.9. The molecule has 0 saturated carbocycles. The van der Waals surface area contributed by atoms with Crippen LogP contribution in [-0.4, -0.2) is 8.07 Å². The largest absolute Gasteiger partial charge is 0.211 e. The van der Waals surface area contributed by atoms with Crippen LogP contribution in [0.3, 0.4) is 0 Å². The Labute approximate surface area is 144 Å². The molecule has 0 fully saturated rings. The molecule has 0 N–H and O–H groups in total. The van der Waals surface area contributed by atoms with E-state index in [2.05, 4.69) is 67.9 Å². The molecule has 0 aromatic heterocycles. The van der Waals surface area contributed by atoms with E-state index < -0.39 is 8.07 Å². The van der Waals surface area contributed by atoms with Crippen molar-refractivity contribution < 1.29 is 0 Å². The third-order valence-electron chi connectivity index (χ3n) is 2.73. The fraction of sp³-hybridized carbons (Fsp3) is 0.111. The predicted octanol–water partition coefficient (Wildman–Crippen LogP) is 5.40. The summed E-state index contributed by atoms with van der Waals surface area (Å²) in [5.74, 6) is 6.48. The van der Waals surface area contributed by atoms with Crippen molar-refractivity contribution in [3.05, 3.63) is 68.6 Å². The molecule has 0 bridgehead atoms. The van der Waals surface area contributed by atoms with Crippen molar-refractivity contribution in [2.75, 3.05) is 0 Å². The maximum Gasteiger partial charge on any atom is 0.211 e. The fourth-order valence-corrected chi connectivity index (χ4v) is 3.06. The molecule has 0 aliphatic heterocycles. The third-order valence-corrected chi connectivity index (χ3v) is 5.28. The van der Waals surface area contributed by atoms with Gasteiger partial charge in [0.25, 0.3) is 0 Å². The number of benzene rings is 2. The molecular weight excluding hydrogens is 404 g/mol. The molecule has 21 heavy (non-hydrogen) atoms. The predicted molar refractivity (Wildman–Crippen MR) is 99.5 cm³/mol. The lowest BCUT2D eigenvalue weighted by atomic mass is 10.2. The SMILES string of the molecule is C[Si](C)(C#Cc1ccc(Br)cc1)C#Cc1ccc(Br)cc1. The van der Waals surface area contributed by atoms with Crippen LogP contribution in [0.2, 0.25) is 13.1 Å². The fourth-order valence-electron chi connectivity index (χ4n) is 1.55. The molecule has 2 rings (SSSR count). The molecule has 104 valence electrons. The zero-order chi connectivity index (χ0) is 15.3. The van der Waals surface area contributed by atoms with Crippen molar-refractivity contribution in [1.82, 2.24) is 0 Å². The van der Waals surface area contributed by atoms with E-state index >= 15 is 0 Å². The molecule has 2 aromatic carbocycles. The van der Waals surface area contributed by atoms with Crippen molar-refractivity contribution in [1.29, 1.82) is 0 Å². The Hall–Kier alpha value is -1.26. The Bertz CT molecular complexity index is 671. The summed E-state index contributed by atoms with van der Waals surface area (Å²) in [6.07, 6.45) is 0. The second-order valence-corrected chi connectivity index (χ2v) is 10.7. The van der Waals surface area contributed by atoms with E-state index in [-0.39, 0.29) is 0 Å². The minimum atomic E-state index is -1.84. The van der Waals surface area contributed by atoms with E-state index in [0.717, 1.165) is 20.1 Å². The standard InChI is InChI=1S/C18H14Br2Si/c1-21(2,13-11-15-3-7-17(19)8-4-15)14-12-16-5-9-18(20)10-6-16/h3-10H,1-2H3. The Morgan fingerprint density at radius 1 is 0.667 bits per heavy atom. The lowest BCUT2D eigenvalue weighted by Gasteiger charge is -2.03. The molecule has 0 heterocycles. The van der Waals surface area contributed by atoms with Gasteiger partial charge in [-0.05, 0) is 61.6 Å². The molecule has 0 aliphatic rings. The van der Waals surface area contributed by atoms with E-state index in [0.29, 0.717) is 0 Å². The van der Waals surface area contributed by atoms with Gasteiger partial charge in [0.1, 0.15) is 0 Å². The van der Waals surface area contributed by atoms with Crippen LogP contribution in [0.15, 0.2) is 57.5 Å². The first kappa shape index (κ1) is 16.1. The van der Waals surface area contributed by atoms with E-state index in [9.17, 15) is 0 Å². The number of halogens is 2. The minimum Gasteiger partial charge on any atom is -0.111 e. The van der Waals surface area contributed by atoms with Crippen LogP contribution < -0.4 is 0 Å². The van der Waals surface area contributed by atoms with Crippen LogP contribution in [0, 0.1) is 22.9 Å². The van der Waals surface area contributed by atoms with Crippen LogP contribution in [-0.2, 0) is 0 Å². The molecule has 3 heteroatoms. The summed E-state index contributed by atoms with van der Waals surface area (Å²) in [6.45, 7) is 4.34. The number of hydrogen-bond acceptors (Lipinski definition) is 0. The summed E-state index contributed by atoms with van der Waals surface area (Å²) in [5.41, 5.74) is 8.80. The van der Waals surface area contributed by atoms with Crippen LogP contribution >= 0.6 is 31.9 Å². The van der Waals surface area contributed by atoms with Gasteiger partial charge < -0.3 is 0 Å². The summed E-state index contributed by atoms with van der Waals surface area (Å²) in [5, 5.41) is 0. The number of hydrogen-bond donors (Lipinski definition) is 0. The molecule has 0 nitrogen and oxygen atoms in total. The molecule has 0 atom stereocenters. The summed E-state index contributed by atoms with van der Waals surface area (Å²) in [7, 11) is -1.84. The third kappa shape index (κ3) is 5.56. The van der Waals surface area contributed by atoms with Gasteiger partial charge in [0.2, 0.25) is 8.07 Å². The van der Waals surface area contributed by atoms with Crippen LogP contribution in [0.1, 0.15) is 11.1 Å². The maximum atomic E-state index is 3.43. The van der Waals surface area contributed by atoms with Crippen LogP contribution in [0.25, 0.3) is 0 Å². The number of rotatable bonds is 0. The van der Waals surface area contributed by atoms with Gasteiger partial charge in [0.05, 0.1) is 0 Å². The van der Waals surface area contributed by atoms with Crippen molar-refractivity contribution in [2.24, 2.45) is 0 Å². The van der Waals surface area contributed by atoms with E-state index in [1.54, 1.807) is 0 Å². The molecular formula is C18H14Br2Si. The zero-order valence-electron chi connectivity index (χ0n) is 11.9. The molecule has 2 aromatic rings. The first-order chi connectivity index (χ1) is 9.94. The zero-order valence-corrected chi connectivity index (χ0v) is 16.0. The van der Waals surface area contributed by atoms with Gasteiger partial charge in [0, 0.05) is 20.1 Å². The summed E-state index contributed by atoms with van der Waals surface area (Å²) >= 11 is 6.85. The quantitative estimate of drug-likeness (QED) is 0.397. The van der Waals surface area contributed by atoms with Crippen molar-refractivity contribution >= 4 is 39.9 Å². The first-order valence-corrected chi connectivity index (χ1v) is 11.1. The average molecular weight is 418 g/mol.